The predicted octanol–water partition coefficient (Wildman–Crippen LogP) is 0.231. The molecule has 1 heterocycles. The summed E-state index contributed by atoms with van der Waals surface area (Å²) in [7, 11) is 2.10. The van der Waals surface area contributed by atoms with E-state index in [1.165, 1.54) is 0 Å². The monoisotopic (exact) mass is 245 g/mol. The van der Waals surface area contributed by atoms with Crippen molar-refractivity contribution in [2.45, 2.75) is 19.4 Å². The first-order valence-electron chi connectivity index (χ1n) is 5.89. The Morgan fingerprint density at radius 1 is 1.38 bits per heavy atom. The van der Waals surface area contributed by atoms with Crippen molar-refractivity contribution in [2.24, 2.45) is 5.73 Å². The number of piperazine rings is 1. The minimum Gasteiger partial charge on any atom is -0.339 e. The number of hydrogen-bond acceptors (Lipinski definition) is 4. The molecular formula is C11H23N3OS. The third-order valence-electron chi connectivity index (χ3n) is 2.80. The van der Waals surface area contributed by atoms with Crippen molar-refractivity contribution in [1.82, 2.24) is 9.80 Å². The molecule has 1 saturated heterocycles. The topological polar surface area (TPSA) is 49.6 Å². The Kier molecular flexibility index (Phi) is 6.16. The Hall–Kier alpha value is -0.260. The van der Waals surface area contributed by atoms with Crippen LogP contribution in [0.25, 0.3) is 0 Å². The molecule has 94 valence electrons. The van der Waals surface area contributed by atoms with Gasteiger partial charge in [0.1, 0.15) is 0 Å². The van der Waals surface area contributed by atoms with Gasteiger partial charge in [0.15, 0.2) is 0 Å². The van der Waals surface area contributed by atoms with Crippen LogP contribution in [0.5, 0.6) is 0 Å². The largest absolute Gasteiger partial charge is 0.339 e. The first kappa shape index (κ1) is 13.8. The number of nitrogens with two attached hydrogens (primary N) is 1. The summed E-state index contributed by atoms with van der Waals surface area (Å²) in [5.74, 6) is 1.87. The van der Waals surface area contributed by atoms with Crippen molar-refractivity contribution in [3.05, 3.63) is 0 Å². The molecule has 1 aliphatic rings. The Balaban J connectivity index is 2.10. The summed E-state index contributed by atoms with van der Waals surface area (Å²) in [6, 6.07) is 0.242. The molecule has 0 aromatic rings. The number of carbonyl (C=O) groups excluding carboxylic acids is 1. The highest BCUT2D eigenvalue weighted by Gasteiger charge is 2.18. The van der Waals surface area contributed by atoms with E-state index in [4.69, 9.17) is 5.73 Å². The molecule has 0 aromatic heterocycles. The Morgan fingerprint density at radius 3 is 2.56 bits per heavy atom. The smallest absolute Gasteiger partial charge is 0.232 e. The molecule has 1 rings (SSSR count). The van der Waals surface area contributed by atoms with Crippen molar-refractivity contribution in [2.75, 3.05) is 44.7 Å². The predicted molar refractivity (Wildman–Crippen MR) is 69.7 cm³/mol. The number of hydrogen-bond donors (Lipinski definition) is 1. The van der Waals surface area contributed by atoms with Gasteiger partial charge in [0.05, 0.1) is 5.75 Å². The highest BCUT2D eigenvalue weighted by atomic mass is 32.2. The minimum absolute atomic E-state index is 0.242. The lowest BCUT2D eigenvalue weighted by molar-refractivity contribution is -0.129. The third-order valence-corrected chi connectivity index (χ3v) is 3.77. The molecule has 4 nitrogen and oxygen atoms in total. The van der Waals surface area contributed by atoms with Gasteiger partial charge in [0.25, 0.3) is 0 Å². The fraction of sp³-hybridized carbons (Fsp3) is 0.909. The first-order valence-corrected chi connectivity index (χ1v) is 7.04. The molecule has 0 bridgehead atoms. The zero-order chi connectivity index (χ0) is 12.0. The van der Waals surface area contributed by atoms with E-state index in [9.17, 15) is 4.79 Å². The summed E-state index contributed by atoms with van der Waals surface area (Å²) in [4.78, 5) is 16.0. The Morgan fingerprint density at radius 2 is 2.00 bits per heavy atom. The van der Waals surface area contributed by atoms with Gasteiger partial charge in [-0.05, 0) is 26.1 Å². The molecule has 0 aliphatic carbocycles. The molecule has 1 fully saturated rings. The highest BCUT2D eigenvalue weighted by Crippen LogP contribution is 2.07. The van der Waals surface area contributed by atoms with E-state index in [1.807, 2.05) is 11.8 Å². The zero-order valence-electron chi connectivity index (χ0n) is 10.3. The third kappa shape index (κ3) is 5.18. The van der Waals surface area contributed by atoms with Crippen LogP contribution >= 0.6 is 11.8 Å². The Labute approximate surface area is 103 Å². The number of rotatable bonds is 5. The SMILES string of the molecule is CC(N)CCSCC(=O)N1CCN(C)CC1. The molecule has 1 aliphatic heterocycles. The molecule has 1 unspecified atom stereocenters. The molecule has 5 heteroatoms. The standard InChI is InChI=1S/C11H23N3OS/c1-10(12)3-8-16-9-11(15)14-6-4-13(2)5-7-14/h10H,3-9,12H2,1-2H3. The van der Waals surface area contributed by atoms with Crippen molar-refractivity contribution in [3.8, 4) is 0 Å². The molecule has 2 N–H and O–H groups in total. The van der Waals surface area contributed by atoms with Gasteiger partial charge in [-0.3, -0.25) is 4.79 Å². The van der Waals surface area contributed by atoms with Gasteiger partial charge >= 0.3 is 0 Å². The Bertz CT molecular complexity index is 215. The van der Waals surface area contributed by atoms with Gasteiger partial charge in [-0.15, -0.1) is 0 Å². The molecule has 0 radical (unpaired) electrons. The van der Waals surface area contributed by atoms with Crippen LogP contribution in [0.1, 0.15) is 13.3 Å². The van der Waals surface area contributed by atoms with Crippen molar-refractivity contribution in [3.63, 3.8) is 0 Å². The fourth-order valence-corrected chi connectivity index (χ4v) is 2.62. The molecule has 0 spiro atoms. The van der Waals surface area contributed by atoms with Crippen LogP contribution in [-0.4, -0.2) is 66.5 Å². The van der Waals surface area contributed by atoms with Gasteiger partial charge in [0, 0.05) is 32.2 Å². The molecule has 0 saturated carbocycles. The summed E-state index contributed by atoms with van der Waals surface area (Å²) >= 11 is 1.70. The summed E-state index contributed by atoms with van der Waals surface area (Å²) in [6.45, 7) is 5.75. The van der Waals surface area contributed by atoms with Crippen LogP contribution in [0.4, 0.5) is 0 Å². The van der Waals surface area contributed by atoms with Gasteiger partial charge in [-0.2, -0.15) is 11.8 Å². The maximum absolute atomic E-state index is 11.8. The first-order chi connectivity index (χ1) is 7.59. The van der Waals surface area contributed by atoms with Crippen molar-refractivity contribution in [1.29, 1.82) is 0 Å². The summed E-state index contributed by atoms with van der Waals surface area (Å²) < 4.78 is 0. The quantitative estimate of drug-likeness (QED) is 0.705. The van der Waals surface area contributed by atoms with E-state index in [1.54, 1.807) is 11.8 Å². The number of likely N-dealkylation sites (N-methyl/N-ethyl adjacent to an activating group) is 1. The normalized spacial score (nSPS) is 19.8. The van der Waals surface area contributed by atoms with E-state index in [-0.39, 0.29) is 11.9 Å². The van der Waals surface area contributed by atoms with Gasteiger partial charge < -0.3 is 15.5 Å². The maximum atomic E-state index is 11.8. The molecule has 1 amide bonds. The van der Waals surface area contributed by atoms with Crippen LogP contribution in [0.2, 0.25) is 0 Å². The fourth-order valence-electron chi connectivity index (χ4n) is 1.58. The van der Waals surface area contributed by atoms with Crippen molar-refractivity contribution >= 4 is 17.7 Å². The van der Waals surface area contributed by atoms with Gasteiger partial charge in [0.2, 0.25) is 5.91 Å². The van der Waals surface area contributed by atoms with E-state index in [2.05, 4.69) is 11.9 Å². The lowest BCUT2D eigenvalue weighted by Crippen LogP contribution is -2.47. The van der Waals surface area contributed by atoms with Crippen LogP contribution in [0.3, 0.4) is 0 Å². The number of nitrogens with zero attached hydrogens (tertiary/aromatic N) is 2. The lowest BCUT2D eigenvalue weighted by Gasteiger charge is -2.32. The summed E-state index contributed by atoms with van der Waals surface area (Å²) in [5.41, 5.74) is 5.65. The van der Waals surface area contributed by atoms with Gasteiger partial charge in [-0.1, -0.05) is 0 Å². The van der Waals surface area contributed by atoms with Crippen LogP contribution in [0.15, 0.2) is 0 Å². The zero-order valence-corrected chi connectivity index (χ0v) is 11.1. The minimum atomic E-state index is 0.242. The van der Waals surface area contributed by atoms with Crippen LogP contribution in [-0.2, 0) is 4.79 Å². The molecule has 16 heavy (non-hydrogen) atoms. The van der Waals surface area contributed by atoms with Gasteiger partial charge in [-0.25, -0.2) is 0 Å². The second kappa shape index (κ2) is 7.14. The second-order valence-corrected chi connectivity index (χ2v) is 5.61. The summed E-state index contributed by atoms with van der Waals surface area (Å²) in [5, 5.41) is 0. The van der Waals surface area contributed by atoms with E-state index >= 15 is 0 Å². The van der Waals surface area contributed by atoms with Crippen molar-refractivity contribution < 1.29 is 4.79 Å². The average Bonchev–Trinajstić information content (AvgIpc) is 2.25. The van der Waals surface area contributed by atoms with E-state index in [0.717, 1.165) is 38.4 Å². The lowest BCUT2D eigenvalue weighted by atomic mass is 10.3. The average molecular weight is 245 g/mol. The number of amides is 1. The highest BCUT2D eigenvalue weighted by molar-refractivity contribution is 7.99. The van der Waals surface area contributed by atoms with E-state index < -0.39 is 0 Å². The second-order valence-electron chi connectivity index (χ2n) is 4.50. The summed E-state index contributed by atoms with van der Waals surface area (Å²) in [6.07, 6.45) is 0.987. The maximum Gasteiger partial charge on any atom is 0.232 e. The van der Waals surface area contributed by atoms with E-state index in [0.29, 0.717) is 5.75 Å². The molecular weight excluding hydrogens is 222 g/mol. The molecule has 1 atom stereocenters. The molecule has 0 aromatic carbocycles. The van der Waals surface area contributed by atoms with Crippen LogP contribution in [0, 0.1) is 0 Å². The number of carbonyl (C=O) groups is 1. The van der Waals surface area contributed by atoms with Crippen LogP contribution < -0.4 is 5.73 Å². The number of thioether (sulfide) groups is 1.